The van der Waals surface area contributed by atoms with Crippen LogP contribution in [0.4, 0.5) is 5.69 Å². The maximum atomic E-state index is 11.6. The summed E-state index contributed by atoms with van der Waals surface area (Å²) in [5.74, 6) is 0.241. The number of anilines is 1. The maximum absolute atomic E-state index is 11.6. The first-order valence-electron chi connectivity index (χ1n) is 6.78. The number of amides is 1. The summed E-state index contributed by atoms with van der Waals surface area (Å²) in [4.78, 5) is 13.3. The van der Waals surface area contributed by atoms with Crippen molar-refractivity contribution in [1.82, 2.24) is 4.72 Å². The van der Waals surface area contributed by atoms with Crippen molar-refractivity contribution >= 4 is 21.6 Å². The van der Waals surface area contributed by atoms with Crippen LogP contribution in [0.2, 0.25) is 0 Å². The first kappa shape index (κ1) is 15.0. The van der Waals surface area contributed by atoms with Gasteiger partial charge >= 0.3 is 0 Å². The van der Waals surface area contributed by atoms with E-state index in [1.54, 1.807) is 18.9 Å². The van der Waals surface area contributed by atoms with Crippen LogP contribution in [0.25, 0.3) is 0 Å². The predicted octanol–water partition coefficient (Wildman–Crippen LogP) is 1.08. The third-order valence-electron chi connectivity index (χ3n) is 3.60. The second-order valence-electron chi connectivity index (χ2n) is 4.96. The van der Waals surface area contributed by atoms with Gasteiger partial charge in [-0.1, -0.05) is 12.1 Å². The number of carbonyl (C=O) groups excluding carboxylic acids is 1. The van der Waals surface area contributed by atoms with Crippen molar-refractivity contribution in [3.63, 3.8) is 0 Å². The highest BCUT2D eigenvalue weighted by Crippen LogP contribution is 2.27. The minimum absolute atomic E-state index is 0.101. The molecule has 0 aromatic heterocycles. The summed E-state index contributed by atoms with van der Waals surface area (Å²) >= 11 is 0. The molecule has 1 N–H and O–H groups in total. The molecule has 110 valence electrons. The Hall–Kier alpha value is -1.40. The second kappa shape index (κ2) is 5.93. The zero-order valence-corrected chi connectivity index (χ0v) is 12.7. The van der Waals surface area contributed by atoms with Gasteiger partial charge in [-0.15, -0.1) is 0 Å². The summed E-state index contributed by atoms with van der Waals surface area (Å²) < 4.78 is 25.3. The summed E-state index contributed by atoms with van der Waals surface area (Å²) in [5.41, 5.74) is 3.20. The van der Waals surface area contributed by atoms with Crippen molar-refractivity contribution in [2.75, 3.05) is 24.2 Å². The van der Waals surface area contributed by atoms with E-state index in [9.17, 15) is 13.2 Å². The van der Waals surface area contributed by atoms with E-state index in [0.29, 0.717) is 19.4 Å². The molecule has 1 aromatic rings. The molecule has 1 heterocycles. The molecule has 1 aliphatic rings. The van der Waals surface area contributed by atoms with Crippen LogP contribution in [0.1, 0.15) is 24.5 Å². The smallest absolute Gasteiger partial charge is 0.227 e. The molecule has 0 saturated heterocycles. The number of nitrogens with zero attached hydrogens (tertiary/aromatic N) is 1. The zero-order chi connectivity index (χ0) is 14.8. The lowest BCUT2D eigenvalue weighted by atomic mass is 9.98. The summed E-state index contributed by atoms with van der Waals surface area (Å²) in [7, 11) is -1.34. The van der Waals surface area contributed by atoms with E-state index in [2.05, 4.69) is 10.8 Å². The lowest BCUT2D eigenvalue weighted by molar-refractivity contribution is -0.118. The average molecular weight is 296 g/mol. The topological polar surface area (TPSA) is 66.5 Å². The molecule has 0 fully saturated rings. The van der Waals surface area contributed by atoms with Gasteiger partial charge in [-0.25, -0.2) is 13.1 Å². The van der Waals surface area contributed by atoms with E-state index in [4.69, 9.17) is 0 Å². The lowest BCUT2D eigenvalue weighted by Gasteiger charge is -2.26. The summed E-state index contributed by atoms with van der Waals surface area (Å²) in [5, 5.41) is 0. The van der Waals surface area contributed by atoms with Crippen LogP contribution in [0.3, 0.4) is 0 Å². The van der Waals surface area contributed by atoms with Gasteiger partial charge in [0.1, 0.15) is 0 Å². The van der Waals surface area contributed by atoms with Crippen molar-refractivity contribution in [3.05, 3.63) is 29.3 Å². The van der Waals surface area contributed by atoms with E-state index >= 15 is 0 Å². The van der Waals surface area contributed by atoms with E-state index in [-0.39, 0.29) is 11.7 Å². The Morgan fingerprint density at radius 3 is 2.75 bits per heavy atom. The fraction of sp³-hybridized carbons (Fsp3) is 0.500. The van der Waals surface area contributed by atoms with E-state index in [1.807, 2.05) is 12.1 Å². The Balaban J connectivity index is 2.03. The monoisotopic (exact) mass is 296 g/mol. The fourth-order valence-corrected chi connectivity index (χ4v) is 2.94. The number of hydrogen-bond acceptors (Lipinski definition) is 3. The Bertz CT molecular complexity index is 611. The molecule has 2 rings (SSSR count). The Morgan fingerprint density at radius 1 is 1.30 bits per heavy atom. The zero-order valence-electron chi connectivity index (χ0n) is 11.8. The molecule has 1 aromatic carbocycles. The Morgan fingerprint density at radius 2 is 2.05 bits per heavy atom. The van der Waals surface area contributed by atoms with Gasteiger partial charge in [-0.2, -0.15) is 0 Å². The molecule has 1 aliphatic heterocycles. The molecule has 20 heavy (non-hydrogen) atoms. The number of aryl methyl sites for hydroxylation is 1. The Labute approximate surface area is 120 Å². The molecule has 6 heteroatoms. The molecular formula is C14H20N2O3S. The van der Waals surface area contributed by atoms with Crippen LogP contribution in [-0.2, 0) is 27.7 Å². The summed E-state index contributed by atoms with van der Waals surface area (Å²) in [6.07, 6.45) is 1.95. The maximum Gasteiger partial charge on any atom is 0.227 e. The van der Waals surface area contributed by atoms with Crippen LogP contribution < -0.4 is 9.62 Å². The van der Waals surface area contributed by atoms with Gasteiger partial charge in [0, 0.05) is 25.7 Å². The number of rotatable bonds is 5. The van der Waals surface area contributed by atoms with Crippen molar-refractivity contribution in [1.29, 1.82) is 0 Å². The minimum Gasteiger partial charge on any atom is -0.315 e. The number of benzene rings is 1. The largest absolute Gasteiger partial charge is 0.315 e. The normalized spacial score (nSPS) is 15.3. The number of hydrogen-bond donors (Lipinski definition) is 1. The fourth-order valence-electron chi connectivity index (χ4n) is 2.32. The van der Waals surface area contributed by atoms with Gasteiger partial charge in [0.05, 0.1) is 5.75 Å². The summed E-state index contributed by atoms with van der Waals surface area (Å²) in [6, 6.07) is 5.96. The van der Waals surface area contributed by atoms with Gasteiger partial charge < -0.3 is 4.90 Å². The minimum atomic E-state index is -3.13. The van der Waals surface area contributed by atoms with Crippen LogP contribution in [-0.4, -0.2) is 33.7 Å². The predicted molar refractivity (Wildman–Crippen MR) is 79.3 cm³/mol. The molecule has 5 nitrogen and oxygen atoms in total. The molecular weight excluding hydrogens is 276 g/mol. The first-order valence-corrected chi connectivity index (χ1v) is 8.44. The average Bonchev–Trinajstić information content (AvgIpc) is 2.43. The highest BCUT2D eigenvalue weighted by atomic mass is 32.2. The molecule has 0 radical (unpaired) electrons. The molecule has 0 spiro atoms. The van der Waals surface area contributed by atoms with Crippen LogP contribution in [0.15, 0.2) is 18.2 Å². The number of sulfonamides is 1. The Kier molecular flexibility index (Phi) is 4.45. The van der Waals surface area contributed by atoms with Crippen LogP contribution in [0, 0.1) is 0 Å². The van der Waals surface area contributed by atoms with Gasteiger partial charge in [-0.3, -0.25) is 4.79 Å². The molecule has 0 aliphatic carbocycles. The number of carbonyl (C=O) groups is 1. The standard InChI is InChI=1S/C14H20N2O3S/c1-3-20(18,19)15-9-8-11-4-6-13-12(10-11)5-7-14(17)16(13)2/h4,6,10,15H,3,5,7-9H2,1-2H3. The third-order valence-corrected chi connectivity index (χ3v) is 5.01. The quantitative estimate of drug-likeness (QED) is 0.884. The van der Waals surface area contributed by atoms with Crippen molar-refractivity contribution in [2.24, 2.45) is 0 Å². The van der Waals surface area contributed by atoms with Crippen molar-refractivity contribution in [2.45, 2.75) is 26.2 Å². The van der Waals surface area contributed by atoms with Crippen LogP contribution in [0.5, 0.6) is 0 Å². The van der Waals surface area contributed by atoms with Crippen LogP contribution >= 0.6 is 0 Å². The molecule has 0 saturated carbocycles. The first-order chi connectivity index (χ1) is 9.43. The molecule has 0 atom stereocenters. The van der Waals surface area contributed by atoms with E-state index in [0.717, 1.165) is 23.2 Å². The molecule has 1 amide bonds. The molecule has 0 bridgehead atoms. The highest BCUT2D eigenvalue weighted by Gasteiger charge is 2.20. The van der Waals surface area contributed by atoms with E-state index < -0.39 is 10.0 Å². The van der Waals surface area contributed by atoms with E-state index in [1.165, 1.54) is 0 Å². The third kappa shape index (κ3) is 3.37. The SMILES string of the molecule is CCS(=O)(=O)NCCc1ccc2c(c1)CCC(=O)N2C. The second-order valence-corrected chi connectivity index (χ2v) is 7.06. The van der Waals surface area contributed by atoms with Gasteiger partial charge in [0.15, 0.2) is 0 Å². The summed E-state index contributed by atoms with van der Waals surface area (Å²) in [6.45, 7) is 2.03. The van der Waals surface area contributed by atoms with Gasteiger partial charge in [0.2, 0.25) is 15.9 Å². The van der Waals surface area contributed by atoms with Crippen molar-refractivity contribution < 1.29 is 13.2 Å². The lowest BCUT2D eigenvalue weighted by Crippen LogP contribution is -2.31. The highest BCUT2D eigenvalue weighted by molar-refractivity contribution is 7.89. The molecule has 0 unspecified atom stereocenters. The van der Waals surface area contributed by atoms with Gasteiger partial charge in [0.25, 0.3) is 0 Å². The number of nitrogens with one attached hydrogen (secondary N) is 1. The van der Waals surface area contributed by atoms with Gasteiger partial charge in [-0.05, 0) is 37.0 Å². The number of fused-ring (bicyclic) bond motifs is 1. The van der Waals surface area contributed by atoms with Crippen molar-refractivity contribution in [3.8, 4) is 0 Å².